The third-order valence-electron chi connectivity index (χ3n) is 2.54. The molecule has 0 radical (unpaired) electrons. The Hall–Kier alpha value is -2.61. The molecule has 1 N–H and O–H groups in total. The maximum absolute atomic E-state index is 11.9. The van der Waals surface area contributed by atoms with E-state index in [2.05, 4.69) is 25.6 Å². The summed E-state index contributed by atoms with van der Waals surface area (Å²) in [4.78, 5) is 16.8. The molecule has 3 aromatic rings. The summed E-state index contributed by atoms with van der Waals surface area (Å²) in [5.41, 5.74) is 0.269. The first kappa shape index (κ1) is 12.4. The molecule has 20 heavy (non-hydrogen) atoms. The van der Waals surface area contributed by atoms with E-state index in [9.17, 15) is 4.79 Å². The third-order valence-corrected chi connectivity index (χ3v) is 3.42. The quantitative estimate of drug-likeness (QED) is 0.774. The first-order chi connectivity index (χ1) is 9.83. The molecule has 0 aliphatic heterocycles. The fourth-order valence-electron chi connectivity index (χ4n) is 1.57. The second-order valence-corrected chi connectivity index (χ2v) is 4.91. The second-order valence-electron chi connectivity index (χ2n) is 3.88. The van der Waals surface area contributed by atoms with Crippen LogP contribution in [-0.4, -0.2) is 30.9 Å². The van der Waals surface area contributed by atoms with Crippen LogP contribution in [0.15, 0.2) is 42.3 Å². The Morgan fingerprint density at radius 1 is 1.30 bits per heavy atom. The summed E-state index contributed by atoms with van der Waals surface area (Å²) < 4.78 is 1.47. The van der Waals surface area contributed by atoms with Gasteiger partial charge >= 0.3 is 0 Å². The highest BCUT2D eigenvalue weighted by atomic mass is 32.1. The predicted molar refractivity (Wildman–Crippen MR) is 72.4 cm³/mol. The molecule has 100 valence electrons. The molecule has 0 aromatic carbocycles. The van der Waals surface area contributed by atoms with Crippen LogP contribution in [0.5, 0.6) is 0 Å². The van der Waals surface area contributed by atoms with Crippen molar-refractivity contribution in [1.29, 1.82) is 0 Å². The van der Waals surface area contributed by atoms with E-state index in [0.717, 1.165) is 4.88 Å². The Morgan fingerprint density at radius 3 is 2.90 bits per heavy atom. The van der Waals surface area contributed by atoms with Gasteiger partial charge in [-0.15, -0.1) is 21.5 Å². The van der Waals surface area contributed by atoms with Crippen molar-refractivity contribution in [3.63, 3.8) is 0 Å². The smallest absolute Gasteiger partial charge is 0.272 e. The van der Waals surface area contributed by atoms with E-state index in [1.807, 2.05) is 17.5 Å². The predicted octanol–water partition coefficient (Wildman–Crippen LogP) is 1.05. The highest BCUT2D eigenvalue weighted by Gasteiger charge is 2.09. The molecule has 0 aliphatic rings. The summed E-state index contributed by atoms with van der Waals surface area (Å²) in [6, 6.07) is 7.18. The molecule has 8 heteroatoms. The van der Waals surface area contributed by atoms with Gasteiger partial charge in [-0.1, -0.05) is 6.07 Å². The number of nitrogens with zero attached hydrogens (tertiary/aromatic N) is 5. The standard InChI is InChI=1S/C12H10N6OS/c19-12(14-6-9-2-1-5-20-9)10-3-4-11(17-16-10)18-8-13-7-15-18/h1-5,7-8H,6H2,(H,14,19). The molecule has 0 spiro atoms. The second kappa shape index (κ2) is 5.57. The Balaban J connectivity index is 1.66. The third kappa shape index (κ3) is 2.69. The van der Waals surface area contributed by atoms with Gasteiger partial charge < -0.3 is 5.32 Å². The summed E-state index contributed by atoms with van der Waals surface area (Å²) in [7, 11) is 0. The van der Waals surface area contributed by atoms with Crippen molar-refractivity contribution in [1.82, 2.24) is 30.3 Å². The van der Waals surface area contributed by atoms with E-state index >= 15 is 0 Å². The first-order valence-electron chi connectivity index (χ1n) is 5.82. The fraction of sp³-hybridized carbons (Fsp3) is 0.0833. The molecule has 7 nitrogen and oxygen atoms in total. The summed E-state index contributed by atoms with van der Waals surface area (Å²) in [6.07, 6.45) is 2.92. The molecule has 3 aromatic heterocycles. The molecule has 1 amide bonds. The van der Waals surface area contributed by atoms with Gasteiger partial charge in [-0.3, -0.25) is 4.79 Å². The van der Waals surface area contributed by atoms with Gasteiger partial charge in [0.1, 0.15) is 12.7 Å². The Labute approximate surface area is 118 Å². The topological polar surface area (TPSA) is 85.6 Å². The fourth-order valence-corrected chi connectivity index (χ4v) is 2.21. The zero-order chi connectivity index (χ0) is 13.8. The lowest BCUT2D eigenvalue weighted by atomic mass is 10.3. The summed E-state index contributed by atoms with van der Waals surface area (Å²) in [5, 5.41) is 16.5. The van der Waals surface area contributed by atoms with E-state index < -0.39 is 0 Å². The molecule has 3 rings (SSSR count). The Morgan fingerprint density at radius 2 is 2.25 bits per heavy atom. The molecular weight excluding hydrogens is 276 g/mol. The van der Waals surface area contributed by atoms with Crippen LogP contribution in [0.2, 0.25) is 0 Å². The number of aromatic nitrogens is 5. The average Bonchev–Trinajstić information content (AvgIpc) is 3.18. The van der Waals surface area contributed by atoms with E-state index in [-0.39, 0.29) is 11.6 Å². The highest BCUT2D eigenvalue weighted by molar-refractivity contribution is 7.09. The van der Waals surface area contributed by atoms with Crippen molar-refractivity contribution in [2.45, 2.75) is 6.54 Å². The number of carbonyl (C=O) groups is 1. The van der Waals surface area contributed by atoms with E-state index in [1.165, 1.54) is 17.3 Å². The van der Waals surface area contributed by atoms with Crippen LogP contribution in [0.1, 0.15) is 15.4 Å². The summed E-state index contributed by atoms with van der Waals surface area (Å²) in [6.45, 7) is 0.489. The normalized spacial score (nSPS) is 10.4. The lowest BCUT2D eigenvalue weighted by Crippen LogP contribution is -2.23. The number of nitrogens with one attached hydrogen (secondary N) is 1. The first-order valence-corrected chi connectivity index (χ1v) is 6.70. The van der Waals surface area contributed by atoms with Crippen LogP contribution in [0.25, 0.3) is 5.82 Å². The van der Waals surface area contributed by atoms with E-state index in [1.54, 1.807) is 23.5 Å². The maximum atomic E-state index is 11.9. The van der Waals surface area contributed by atoms with Gasteiger partial charge in [-0.05, 0) is 23.6 Å². The van der Waals surface area contributed by atoms with Crippen LogP contribution >= 0.6 is 11.3 Å². The minimum atomic E-state index is -0.254. The molecule has 3 heterocycles. The zero-order valence-electron chi connectivity index (χ0n) is 10.3. The zero-order valence-corrected chi connectivity index (χ0v) is 11.1. The summed E-state index contributed by atoms with van der Waals surface area (Å²) >= 11 is 1.59. The van der Waals surface area contributed by atoms with Gasteiger partial charge in [0.15, 0.2) is 11.5 Å². The maximum Gasteiger partial charge on any atom is 0.272 e. The van der Waals surface area contributed by atoms with Crippen molar-refractivity contribution in [2.75, 3.05) is 0 Å². The number of thiophene rings is 1. The molecule has 0 fully saturated rings. The summed E-state index contributed by atoms with van der Waals surface area (Å²) in [5.74, 6) is 0.258. The van der Waals surface area contributed by atoms with Crippen molar-refractivity contribution >= 4 is 17.2 Å². The van der Waals surface area contributed by atoms with Gasteiger partial charge in [0, 0.05) is 4.88 Å². The molecule has 0 saturated heterocycles. The number of amides is 1. The van der Waals surface area contributed by atoms with Gasteiger partial charge in [0.2, 0.25) is 0 Å². The van der Waals surface area contributed by atoms with Crippen LogP contribution in [0.4, 0.5) is 0 Å². The van der Waals surface area contributed by atoms with Crippen LogP contribution in [0.3, 0.4) is 0 Å². The SMILES string of the molecule is O=C(NCc1cccs1)c1ccc(-n2cncn2)nn1. The van der Waals surface area contributed by atoms with Gasteiger partial charge in [0.25, 0.3) is 5.91 Å². The number of rotatable bonds is 4. The molecule has 0 saturated carbocycles. The number of hydrogen-bond acceptors (Lipinski definition) is 6. The van der Waals surface area contributed by atoms with Gasteiger partial charge in [-0.2, -0.15) is 5.10 Å². The van der Waals surface area contributed by atoms with E-state index in [0.29, 0.717) is 12.4 Å². The lowest BCUT2D eigenvalue weighted by Gasteiger charge is -2.03. The minimum absolute atomic E-state index is 0.254. The Bertz CT molecular complexity index is 677. The molecule has 0 bridgehead atoms. The van der Waals surface area contributed by atoms with Gasteiger partial charge in [0.05, 0.1) is 6.54 Å². The minimum Gasteiger partial charge on any atom is -0.346 e. The highest BCUT2D eigenvalue weighted by Crippen LogP contribution is 2.08. The molecule has 0 aliphatic carbocycles. The Kier molecular flexibility index (Phi) is 3.46. The molecule has 0 unspecified atom stereocenters. The van der Waals surface area contributed by atoms with Crippen molar-refractivity contribution in [3.05, 3.63) is 52.9 Å². The van der Waals surface area contributed by atoms with Crippen LogP contribution < -0.4 is 5.32 Å². The van der Waals surface area contributed by atoms with Crippen molar-refractivity contribution in [3.8, 4) is 5.82 Å². The van der Waals surface area contributed by atoms with Crippen LogP contribution in [0, 0.1) is 0 Å². The molecular formula is C12H10N6OS. The van der Waals surface area contributed by atoms with Gasteiger partial charge in [-0.25, -0.2) is 9.67 Å². The van der Waals surface area contributed by atoms with Crippen molar-refractivity contribution < 1.29 is 4.79 Å². The average molecular weight is 286 g/mol. The van der Waals surface area contributed by atoms with Crippen LogP contribution in [-0.2, 0) is 6.54 Å². The lowest BCUT2D eigenvalue weighted by molar-refractivity contribution is 0.0945. The largest absolute Gasteiger partial charge is 0.346 e. The monoisotopic (exact) mass is 286 g/mol. The van der Waals surface area contributed by atoms with Crippen molar-refractivity contribution in [2.24, 2.45) is 0 Å². The number of carbonyl (C=O) groups excluding carboxylic acids is 1. The van der Waals surface area contributed by atoms with E-state index in [4.69, 9.17) is 0 Å². The number of hydrogen-bond donors (Lipinski definition) is 1. The molecule has 0 atom stereocenters.